The SMILES string of the molecule is CCn1c(=O)n(CC2CCN(S(=O)(=O)c3cccc(C)c3)CC2)c2ncccc21. The highest BCUT2D eigenvalue weighted by Crippen LogP contribution is 2.25. The Bertz CT molecular complexity index is 1190. The van der Waals surface area contributed by atoms with E-state index in [9.17, 15) is 13.2 Å². The van der Waals surface area contributed by atoms with Gasteiger partial charge >= 0.3 is 5.69 Å². The van der Waals surface area contributed by atoms with E-state index in [0.29, 0.717) is 36.7 Å². The van der Waals surface area contributed by atoms with Crippen molar-refractivity contribution in [2.45, 2.75) is 44.7 Å². The summed E-state index contributed by atoms with van der Waals surface area (Å²) in [5, 5.41) is 0. The maximum absolute atomic E-state index is 12.9. The average molecular weight is 415 g/mol. The van der Waals surface area contributed by atoms with Gasteiger partial charge in [-0.1, -0.05) is 12.1 Å². The first-order valence-corrected chi connectivity index (χ1v) is 11.5. The van der Waals surface area contributed by atoms with Crippen LogP contribution in [0.15, 0.2) is 52.3 Å². The third-order valence-corrected chi connectivity index (χ3v) is 7.63. The largest absolute Gasteiger partial charge is 0.330 e. The first-order chi connectivity index (χ1) is 13.9. The zero-order valence-corrected chi connectivity index (χ0v) is 17.6. The molecule has 4 rings (SSSR count). The first-order valence-electron chi connectivity index (χ1n) is 10.0. The van der Waals surface area contributed by atoms with Crippen LogP contribution in [0.4, 0.5) is 0 Å². The van der Waals surface area contributed by atoms with Crippen molar-refractivity contribution in [1.82, 2.24) is 18.4 Å². The van der Waals surface area contributed by atoms with E-state index >= 15 is 0 Å². The fourth-order valence-corrected chi connectivity index (χ4v) is 5.71. The maximum atomic E-state index is 12.9. The predicted octanol–water partition coefficient (Wildman–Crippen LogP) is 2.63. The van der Waals surface area contributed by atoms with E-state index in [1.54, 1.807) is 37.8 Å². The number of benzene rings is 1. The molecule has 8 heteroatoms. The summed E-state index contributed by atoms with van der Waals surface area (Å²) in [6, 6.07) is 10.8. The van der Waals surface area contributed by atoms with Crippen molar-refractivity contribution in [1.29, 1.82) is 0 Å². The summed E-state index contributed by atoms with van der Waals surface area (Å²) in [5.41, 5.74) is 2.43. The van der Waals surface area contributed by atoms with Gasteiger partial charge in [0.15, 0.2) is 5.65 Å². The summed E-state index contributed by atoms with van der Waals surface area (Å²) < 4.78 is 30.9. The third-order valence-electron chi connectivity index (χ3n) is 5.73. The number of pyridine rings is 1. The van der Waals surface area contributed by atoms with Crippen LogP contribution in [0.25, 0.3) is 11.2 Å². The summed E-state index contributed by atoms with van der Waals surface area (Å²) >= 11 is 0. The fourth-order valence-electron chi connectivity index (χ4n) is 4.13. The number of rotatable bonds is 5. The summed E-state index contributed by atoms with van der Waals surface area (Å²) in [7, 11) is -3.48. The van der Waals surface area contributed by atoms with Gasteiger partial charge in [-0.25, -0.2) is 18.2 Å². The molecule has 154 valence electrons. The fraction of sp³-hybridized carbons (Fsp3) is 0.429. The topological polar surface area (TPSA) is 77.2 Å². The van der Waals surface area contributed by atoms with Gasteiger partial charge in [-0.05, 0) is 62.4 Å². The molecule has 0 bridgehead atoms. The number of hydrogen-bond acceptors (Lipinski definition) is 4. The summed E-state index contributed by atoms with van der Waals surface area (Å²) in [6.45, 7) is 5.95. The molecule has 0 atom stereocenters. The average Bonchev–Trinajstić information content (AvgIpc) is 2.99. The molecule has 0 saturated carbocycles. The van der Waals surface area contributed by atoms with E-state index in [0.717, 1.165) is 23.9 Å². The number of hydrogen-bond donors (Lipinski definition) is 0. The van der Waals surface area contributed by atoms with Gasteiger partial charge in [-0.3, -0.25) is 9.13 Å². The van der Waals surface area contributed by atoms with E-state index in [4.69, 9.17) is 0 Å². The first kappa shape index (κ1) is 19.8. The Labute approximate surface area is 170 Å². The lowest BCUT2D eigenvalue weighted by Gasteiger charge is -2.31. The lowest BCUT2D eigenvalue weighted by Crippen LogP contribution is -2.40. The quantitative estimate of drug-likeness (QED) is 0.643. The smallest absolute Gasteiger partial charge is 0.291 e. The van der Waals surface area contributed by atoms with E-state index in [-0.39, 0.29) is 11.6 Å². The van der Waals surface area contributed by atoms with Gasteiger partial charge in [0.1, 0.15) is 0 Å². The van der Waals surface area contributed by atoms with Crippen LogP contribution in [0, 0.1) is 12.8 Å². The van der Waals surface area contributed by atoms with E-state index in [1.807, 2.05) is 32.0 Å². The van der Waals surface area contributed by atoms with Crippen LogP contribution < -0.4 is 5.69 Å². The van der Waals surface area contributed by atoms with Crippen molar-refractivity contribution in [2.75, 3.05) is 13.1 Å². The molecule has 0 aliphatic carbocycles. The molecule has 1 saturated heterocycles. The molecule has 1 aliphatic rings. The molecular formula is C21H26N4O3S. The van der Waals surface area contributed by atoms with E-state index in [1.165, 1.54) is 0 Å². The zero-order chi connectivity index (χ0) is 20.6. The molecule has 3 aromatic rings. The summed E-state index contributed by atoms with van der Waals surface area (Å²) in [5.74, 6) is 0.245. The van der Waals surface area contributed by atoms with E-state index < -0.39 is 10.0 Å². The number of aryl methyl sites for hydroxylation is 2. The van der Waals surface area contributed by atoms with Crippen LogP contribution in [0.3, 0.4) is 0 Å². The van der Waals surface area contributed by atoms with Gasteiger partial charge < -0.3 is 0 Å². The second-order valence-corrected chi connectivity index (χ2v) is 9.59. The molecule has 0 spiro atoms. The minimum Gasteiger partial charge on any atom is -0.291 e. The van der Waals surface area contributed by atoms with Crippen molar-refractivity contribution in [3.8, 4) is 0 Å². The van der Waals surface area contributed by atoms with Gasteiger partial charge in [0, 0.05) is 32.4 Å². The van der Waals surface area contributed by atoms with Gasteiger partial charge in [0.05, 0.1) is 10.4 Å². The van der Waals surface area contributed by atoms with E-state index in [2.05, 4.69) is 4.98 Å². The number of nitrogens with zero attached hydrogens (tertiary/aromatic N) is 4. The Balaban J connectivity index is 1.51. The van der Waals surface area contributed by atoms with Crippen LogP contribution in [0.5, 0.6) is 0 Å². The molecule has 1 aromatic carbocycles. The highest BCUT2D eigenvalue weighted by Gasteiger charge is 2.30. The molecule has 2 aromatic heterocycles. The number of fused-ring (bicyclic) bond motifs is 1. The maximum Gasteiger partial charge on any atom is 0.330 e. The van der Waals surface area contributed by atoms with Gasteiger partial charge in [-0.15, -0.1) is 0 Å². The molecule has 1 fully saturated rings. The Morgan fingerprint density at radius 2 is 1.86 bits per heavy atom. The highest BCUT2D eigenvalue weighted by atomic mass is 32.2. The standard InChI is InChI=1S/C21H26N4O3S/c1-3-24-19-8-5-11-22-20(19)25(21(24)26)15-17-9-12-23(13-10-17)29(27,28)18-7-4-6-16(2)14-18/h4-8,11,14,17H,3,9-10,12-13,15H2,1-2H3. The van der Waals surface area contributed by atoms with Crippen LogP contribution in [-0.4, -0.2) is 39.9 Å². The third kappa shape index (κ3) is 3.62. The molecule has 0 N–H and O–H groups in total. The van der Waals surface area contributed by atoms with Crippen molar-refractivity contribution in [3.05, 3.63) is 58.6 Å². The Kier molecular flexibility index (Phi) is 5.31. The Morgan fingerprint density at radius 1 is 1.10 bits per heavy atom. The van der Waals surface area contributed by atoms with Crippen LogP contribution in [0.1, 0.15) is 25.3 Å². The molecule has 0 radical (unpaired) electrons. The predicted molar refractivity (Wildman–Crippen MR) is 112 cm³/mol. The monoisotopic (exact) mass is 414 g/mol. The summed E-state index contributed by atoms with van der Waals surface area (Å²) in [6.07, 6.45) is 3.15. The van der Waals surface area contributed by atoms with Crippen molar-refractivity contribution in [2.24, 2.45) is 5.92 Å². The number of sulfonamides is 1. The minimum atomic E-state index is -3.48. The molecular weight excluding hydrogens is 388 g/mol. The second-order valence-electron chi connectivity index (χ2n) is 7.65. The highest BCUT2D eigenvalue weighted by molar-refractivity contribution is 7.89. The number of imidazole rings is 1. The van der Waals surface area contributed by atoms with Gasteiger partial charge in [0.2, 0.25) is 10.0 Å². The van der Waals surface area contributed by atoms with Crippen molar-refractivity contribution >= 4 is 21.2 Å². The number of aromatic nitrogens is 3. The van der Waals surface area contributed by atoms with Crippen LogP contribution in [-0.2, 0) is 23.1 Å². The lowest BCUT2D eigenvalue weighted by molar-refractivity contribution is 0.252. The lowest BCUT2D eigenvalue weighted by atomic mass is 9.98. The Morgan fingerprint density at radius 3 is 2.55 bits per heavy atom. The van der Waals surface area contributed by atoms with Crippen LogP contribution in [0.2, 0.25) is 0 Å². The Hall–Kier alpha value is -2.45. The van der Waals surface area contributed by atoms with Crippen molar-refractivity contribution in [3.63, 3.8) is 0 Å². The second kappa shape index (κ2) is 7.76. The molecule has 0 amide bonds. The number of piperidine rings is 1. The molecule has 1 aliphatic heterocycles. The van der Waals surface area contributed by atoms with Gasteiger partial charge in [-0.2, -0.15) is 4.31 Å². The molecule has 7 nitrogen and oxygen atoms in total. The zero-order valence-electron chi connectivity index (χ0n) is 16.8. The molecule has 3 heterocycles. The van der Waals surface area contributed by atoms with Gasteiger partial charge in [0.25, 0.3) is 0 Å². The minimum absolute atomic E-state index is 0.0454. The molecule has 29 heavy (non-hydrogen) atoms. The van der Waals surface area contributed by atoms with Crippen molar-refractivity contribution < 1.29 is 8.42 Å². The summed E-state index contributed by atoms with van der Waals surface area (Å²) in [4.78, 5) is 17.6. The normalized spacial score (nSPS) is 16.5. The van der Waals surface area contributed by atoms with Crippen LogP contribution >= 0.6 is 0 Å². The molecule has 0 unspecified atom stereocenters.